The molecule has 1 N–H and O–H groups in total. The van der Waals surface area contributed by atoms with E-state index in [2.05, 4.69) is 15.5 Å². The van der Waals surface area contributed by atoms with Crippen LogP contribution in [0.3, 0.4) is 0 Å². The Morgan fingerprint density at radius 2 is 1.90 bits per heavy atom. The Kier molecular flexibility index (Phi) is 6.09. The zero-order valence-corrected chi connectivity index (χ0v) is 16.9. The van der Waals surface area contributed by atoms with Crippen LogP contribution in [0.25, 0.3) is 0 Å². The second-order valence-corrected chi connectivity index (χ2v) is 6.92. The van der Waals surface area contributed by atoms with E-state index in [9.17, 15) is 28.1 Å². The first-order valence-electron chi connectivity index (χ1n) is 9.16. The molecule has 0 fully saturated rings. The van der Waals surface area contributed by atoms with Gasteiger partial charge in [-0.15, -0.1) is 0 Å². The third-order valence-electron chi connectivity index (χ3n) is 4.75. The molecule has 1 aromatic carbocycles. The smallest absolute Gasteiger partial charge is 0.319 e. The van der Waals surface area contributed by atoms with Crippen molar-refractivity contribution in [2.45, 2.75) is 40.3 Å². The summed E-state index contributed by atoms with van der Waals surface area (Å²) in [5.74, 6) is -0.989. The van der Waals surface area contributed by atoms with Crippen LogP contribution in [0, 0.1) is 36.7 Å². The summed E-state index contributed by atoms with van der Waals surface area (Å²) in [4.78, 5) is 22.6. The van der Waals surface area contributed by atoms with E-state index in [0.717, 1.165) is 4.68 Å². The molecule has 0 aliphatic heterocycles. The lowest BCUT2D eigenvalue weighted by molar-refractivity contribution is -0.386. The topological polar surface area (TPSA) is 108 Å². The number of hydrogen-bond acceptors (Lipinski definition) is 5. The van der Waals surface area contributed by atoms with Crippen LogP contribution in [0.5, 0.6) is 0 Å². The van der Waals surface area contributed by atoms with Crippen LogP contribution in [0.1, 0.15) is 34.8 Å². The number of carbonyl (C=O) groups excluding carboxylic acids is 1. The molecule has 12 heteroatoms. The first-order chi connectivity index (χ1) is 14.6. The number of nitro groups is 1. The molecule has 0 atom stereocenters. The Hall–Kier alpha value is -3.70. The van der Waals surface area contributed by atoms with Crippen LogP contribution >= 0.6 is 0 Å². The summed E-state index contributed by atoms with van der Waals surface area (Å²) in [6.07, 6.45) is -3.14. The highest BCUT2D eigenvalue weighted by molar-refractivity contribution is 5.91. The van der Waals surface area contributed by atoms with Crippen molar-refractivity contribution in [1.82, 2.24) is 19.6 Å². The van der Waals surface area contributed by atoms with Gasteiger partial charge in [0, 0.05) is 0 Å². The number of nitrogens with zero attached hydrogens (tertiary/aromatic N) is 5. The Morgan fingerprint density at radius 1 is 1.19 bits per heavy atom. The number of anilines is 1. The van der Waals surface area contributed by atoms with E-state index >= 15 is 0 Å². The number of rotatable bonds is 7. The van der Waals surface area contributed by atoms with Gasteiger partial charge in [-0.3, -0.25) is 24.3 Å². The molecular formula is C19H19F3N6O3. The zero-order valence-electron chi connectivity index (χ0n) is 16.9. The number of benzene rings is 1. The van der Waals surface area contributed by atoms with Crippen LogP contribution in [-0.4, -0.2) is 30.4 Å². The highest BCUT2D eigenvalue weighted by Gasteiger charge is 2.31. The van der Waals surface area contributed by atoms with E-state index in [4.69, 9.17) is 0 Å². The van der Waals surface area contributed by atoms with Gasteiger partial charge < -0.3 is 5.32 Å². The van der Waals surface area contributed by atoms with Crippen LogP contribution in [0.4, 0.5) is 24.5 Å². The summed E-state index contributed by atoms with van der Waals surface area (Å²) in [5.41, 5.74) is 0.261. The quantitative estimate of drug-likeness (QED) is 0.449. The monoisotopic (exact) mass is 436 g/mol. The molecule has 164 valence electrons. The molecule has 0 saturated carbocycles. The molecule has 0 unspecified atom stereocenters. The molecule has 3 aromatic rings. The number of amides is 1. The van der Waals surface area contributed by atoms with Gasteiger partial charge in [0.15, 0.2) is 0 Å². The second-order valence-electron chi connectivity index (χ2n) is 6.92. The zero-order chi connectivity index (χ0) is 22.9. The lowest BCUT2D eigenvalue weighted by atomic mass is 10.2. The Morgan fingerprint density at radius 3 is 2.48 bits per heavy atom. The van der Waals surface area contributed by atoms with Gasteiger partial charge in [0.1, 0.15) is 18.1 Å². The molecule has 0 radical (unpaired) electrons. The largest absolute Gasteiger partial charge is 0.321 e. The molecule has 0 bridgehead atoms. The third-order valence-corrected chi connectivity index (χ3v) is 4.75. The molecule has 0 spiro atoms. The summed E-state index contributed by atoms with van der Waals surface area (Å²) in [7, 11) is 0. The molecule has 2 aromatic heterocycles. The Bertz CT molecular complexity index is 1160. The molecule has 3 rings (SSSR count). The number of halogens is 3. The van der Waals surface area contributed by atoms with E-state index in [1.807, 2.05) is 0 Å². The standard InChI is InChI=1S/C19H19F3N6O3/c1-10-16(11(2)26(24-10)8-13-5-4-6-14(20)7-13)23-15(29)9-27-12(3)18(28(30)31)17(25-27)19(21)22/h4-7,19H,8-9H2,1-3H3,(H,23,29). The average Bonchev–Trinajstić information content (AvgIpc) is 3.13. The molecule has 1 amide bonds. The summed E-state index contributed by atoms with van der Waals surface area (Å²) in [6.45, 7) is 4.42. The predicted molar refractivity (Wildman–Crippen MR) is 104 cm³/mol. The van der Waals surface area contributed by atoms with Gasteiger partial charge in [-0.25, -0.2) is 13.2 Å². The van der Waals surface area contributed by atoms with Crippen molar-refractivity contribution in [3.8, 4) is 0 Å². The van der Waals surface area contributed by atoms with Crippen LogP contribution in [0.15, 0.2) is 24.3 Å². The fourth-order valence-electron chi connectivity index (χ4n) is 3.24. The van der Waals surface area contributed by atoms with Gasteiger partial charge in [0.2, 0.25) is 11.6 Å². The Balaban J connectivity index is 1.79. The molecule has 0 aliphatic carbocycles. The van der Waals surface area contributed by atoms with Gasteiger partial charge in [-0.1, -0.05) is 12.1 Å². The van der Waals surface area contributed by atoms with Crippen molar-refractivity contribution in [2.24, 2.45) is 0 Å². The number of aryl methyl sites for hydroxylation is 1. The first kappa shape index (κ1) is 22.0. The van der Waals surface area contributed by atoms with Gasteiger partial charge in [0.05, 0.1) is 28.5 Å². The summed E-state index contributed by atoms with van der Waals surface area (Å²) in [6, 6.07) is 6.03. The molecule has 0 saturated heterocycles. The van der Waals surface area contributed by atoms with Gasteiger partial charge in [0.25, 0.3) is 6.43 Å². The first-order valence-corrected chi connectivity index (χ1v) is 9.16. The minimum absolute atomic E-state index is 0.148. The van der Waals surface area contributed by atoms with Crippen molar-refractivity contribution < 1.29 is 22.9 Å². The van der Waals surface area contributed by atoms with Crippen LogP contribution < -0.4 is 5.32 Å². The lowest BCUT2D eigenvalue weighted by Crippen LogP contribution is -2.21. The maximum atomic E-state index is 13.4. The summed E-state index contributed by atoms with van der Waals surface area (Å²) >= 11 is 0. The molecule has 31 heavy (non-hydrogen) atoms. The van der Waals surface area contributed by atoms with Crippen LogP contribution in [-0.2, 0) is 17.9 Å². The predicted octanol–water partition coefficient (Wildman–Crippen LogP) is 3.68. The normalized spacial score (nSPS) is 11.2. The van der Waals surface area contributed by atoms with Crippen LogP contribution in [0.2, 0.25) is 0 Å². The van der Waals surface area contributed by atoms with Crippen molar-refractivity contribution in [3.05, 3.63) is 68.5 Å². The maximum Gasteiger partial charge on any atom is 0.319 e. The SMILES string of the molecule is Cc1nn(Cc2cccc(F)c2)c(C)c1NC(=O)Cn1nc(C(F)F)c([N+](=O)[O-])c1C. The van der Waals surface area contributed by atoms with Gasteiger partial charge in [-0.05, 0) is 38.5 Å². The highest BCUT2D eigenvalue weighted by atomic mass is 19.3. The van der Waals surface area contributed by atoms with Gasteiger partial charge in [-0.2, -0.15) is 10.2 Å². The average molecular weight is 436 g/mol. The lowest BCUT2D eigenvalue weighted by Gasteiger charge is -2.08. The fraction of sp³-hybridized carbons (Fsp3) is 0.316. The van der Waals surface area contributed by atoms with E-state index < -0.39 is 35.2 Å². The number of carbonyl (C=O) groups is 1. The second kappa shape index (κ2) is 8.58. The maximum absolute atomic E-state index is 13.4. The van der Waals surface area contributed by atoms with E-state index in [-0.39, 0.29) is 18.1 Å². The minimum Gasteiger partial charge on any atom is -0.321 e. The summed E-state index contributed by atoms with van der Waals surface area (Å²) in [5, 5.41) is 21.6. The number of hydrogen-bond donors (Lipinski definition) is 1. The van der Waals surface area contributed by atoms with E-state index in [0.29, 0.717) is 22.6 Å². The van der Waals surface area contributed by atoms with Crippen molar-refractivity contribution in [1.29, 1.82) is 0 Å². The molecule has 9 nitrogen and oxygen atoms in total. The fourth-order valence-corrected chi connectivity index (χ4v) is 3.24. The van der Waals surface area contributed by atoms with Gasteiger partial charge >= 0.3 is 5.69 Å². The Labute approximate surface area is 174 Å². The number of alkyl halides is 2. The minimum atomic E-state index is -3.14. The van der Waals surface area contributed by atoms with Crippen molar-refractivity contribution >= 4 is 17.3 Å². The van der Waals surface area contributed by atoms with E-state index in [1.54, 1.807) is 30.7 Å². The van der Waals surface area contributed by atoms with Crippen molar-refractivity contribution in [3.63, 3.8) is 0 Å². The molecule has 2 heterocycles. The van der Waals surface area contributed by atoms with E-state index in [1.165, 1.54) is 19.1 Å². The molecular weight excluding hydrogens is 417 g/mol. The summed E-state index contributed by atoms with van der Waals surface area (Å²) < 4.78 is 42.0. The third kappa shape index (κ3) is 4.57. The number of aromatic nitrogens is 4. The number of nitrogens with one attached hydrogen (secondary N) is 1. The van der Waals surface area contributed by atoms with Crippen molar-refractivity contribution in [2.75, 3.05) is 5.32 Å². The molecule has 0 aliphatic rings. The highest BCUT2D eigenvalue weighted by Crippen LogP contribution is 2.31.